The lowest BCUT2D eigenvalue weighted by Gasteiger charge is -2.13. The highest BCUT2D eigenvalue weighted by molar-refractivity contribution is 5.76. The maximum Gasteiger partial charge on any atom is 0.220 e. The molecule has 0 radical (unpaired) electrons. The fraction of sp³-hybridized carbons (Fsp3) is 0.350. The molecule has 0 bridgehead atoms. The van der Waals surface area contributed by atoms with Crippen LogP contribution in [0.5, 0.6) is 17.2 Å². The van der Waals surface area contributed by atoms with Gasteiger partial charge in [-0.05, 0) is 47.9 Å². The molecule has 0 saturated carbocycles. The number of carbonyl (C=O) groups is 1. The molecule has 0 saturated heterocycles. The first-order valence-corrected chi connectivity index (χ1v) is 8.30. The average Bonchev–Trinajstić information content (AvgIpc) is 2.65. The van der Waals surface area contributed by atoms with Crippen LogP contribution in [0.1, 0.15) is 24.8 Å². The Balaban J connectivity index is 1.68. The van der Waals surface area contributed by atoms with Gasteiger partial charge in [0.2, 0.25) is 5.91 Å². The summed E-state index contributed by atoms with van der Waals surface area (Å²) >= 11 is 0. The summed E-state index contributed by atoms with van der Waals surface area (Å²) in [6.45, 7) is 2.93. The van der Waals surface area contributed by atoms with Crippen molar-refractivity contribution in [3.63, 3.8) is 0 Å². The summed E-state index contributed by atoms with van der Waals surface area (Å²) in [6, 6.07) is 15.2. The zero-order valence-electron chi connectivity index (χ0n) is 15.0. The smallest absolute Gasteiger partial charge is 0.220 e. The predicted octanol–water partition coefficient (Wildman–Crippen LogP) is 3.39. The van der Waals surface area contributed by atoms with Gasteiger partial charge >= 0.3 is 0 Å². The number of hydrogen-bond acceptors (Lipinski definition) is 4. The maximum absolute atomic E-state index is 12.0. The summed E-state index contributed by atoms with van der Waals surface area (Å²) in [5, 5.41) is 2.89. The van der Waals surface area contributed by atoms with Gasteiger partial charge in [0.1, 0.15) is 23.9 Å². The van der Waals surface area contributed by atoms with Crippen LogP contribution in [0.3, 0.4) is 0 Å². The molecule has 2 aromatic carbocycles. The summed E-state index contributed by atoms with van der Waals surface area (Å²) in [6.07, 6.45) is 0.439. The SMILES string of the molecule is COc1ccc(OCCNC(=O)CC(C)c2ccc(OC)cc2)cc1. The minimum Gasteiger partial charge on any atom is -0.497 e. The number of rotatable bonds is 9. The van der Waals surface area contributed by atoms with E-state index >= 15 is 0 Å². The van der Waals surface area contributed by atoms with Gasteiger partial charge in [-0.3, -0.25) is 4.79 Å². The number of nitrogens with one attached hydrogen (secondary N) is 1. The average molecular weight is 343 g/mol. The van der Waals surface area contributed by atoms with Crippen LogP contribution in [0.25, 0.3) is 0 Å². The Morgan fingerprint density at radius 2 is 1.44 bits per heavy atom. The van der Waals surface area contributed by atoms with Crippen LogP contribution < -0.4 is 19.5 Å². The monoisotopic (exact) mass is 343 g/mol. The minimum atomic E-state index is 0.0154. The van der Waals surface area contributed by atoms with E-state index < -0.39 is 0 Å². The van der Waals surface area contributed by atoms with Crippen LogP contribution in [0, 0.1) is 0 Å². The van der Waals surface area contributed by atoms with Crippen LogP contribution in [-0.2, 0) is 4.79 Å². The highest BCUT2D eigenvalue weighted by Crippen LogP contribution is 2.21. The molecule has 134 valence electrons. The normalized spacial score (nSPS) is 11.5. The molecule has 1 amide bonds. The zero-order valence-corrected chi connectivity index (χ0v) is 15.0. The fourth-order valence-electron chi connectivity index (χ4n) is 2.43. The minimum absolute atomic E-state index is 0.0154. The van der Waals surface area contributed by atoms with Gasteiger partial charge in [-0.1, -0.05) is 19.1 Å². The van der Waals surface area contributed by atoms with Crippen LogP contribution in [0.4, 0.5) is 0 Å². The van der Waals surface area contributed by atoms with Crippen molar-refractivity contribution in [3.8, 4) is 17.2 Å². The van der Waals surface area contributed by atoms with Crippen molar-refractivity contribution < 1.29 is 19.0 Å². The van der Waals surface area contributed by atoms with E-state index in [1.165, 1.54) is 0 Å². The van der Waals surface area contributed by atoms with E-state index in [9.17, 15) is 4.79 Å². The third-order valence-electron chi connectivity index (χ3n) is 3.93. The van der Waals surface area contributed by atoms with Crippen LogP contribution in [0.15, 0.2) is 48.5 Å². The van der Waals surface area contributed by atoms with Crippen LogP contribution >= 0.6 is 0 Å². The first kappa shape index (κ1) is 18.6. The number of methoxy groups -OCH3 is 2. The van der Waals surface area contributed by atoms with Crippen LogP contribution in [-0.4, -0.2) is 33.3 Å². The highest BCUT2D eigenvalue weighted by Gasteiger charge is 2.11. The third kappa shape index (κ3) is 6.03. The molecule has 0 aliphatic heterocycles. The van der Waals surface area contributed by atoms with E-state index in [-0.39, 0.29) is 11.8 Å². The molecule has 1 unspecified atom stereocenters. The molecule has 0 heterocycles. The van der Waals surface area contributed by atoms with Gasteiger partial charge in [0.25, 0.3) is 0 Å². The van der Waals surface area contributed by atoms with Gasteiger partial charge in [0.15, 0.2) is 0 Å². The zero-order chi connectivity index (χ0) is 18.1. The first-order valence-electron chi connectivity index (χ1n) is 8.30. The van der Waals surface area contributed by atoms with Gasteiger partial charge in [-0.15, -0.1) is 0 Å². The molecule has 25 heavy (non-hydrogen) atoms. The van der Waals surface area contributed by atoms with Gasteiger partial charge in [-0.25, -0.2) is 0 Å². The molecule has 1 atom stereocenters. The van der Waals surface area contributed by atoms with E-state index in [2.05, 4.69) is 5.32 Å². The Kier molecular flexibility index (Phi) is 7.14. The molecule has 0 fully saturated rings. The second kappa shape index (κ2) is 9.57. The van der Waals surface area contributed by atoms with Crippen molar-refractivity contribution in [1.29, 1.82) is 0 Å². The lowest BCUT2D eigenvalue weighted by molar-refractivity contribution is -0.121. The second-order valence-corrected chi connectivity index (χ2v) is 5.75. The molecular weight excluding hydrogens is 318 g/mol. The number of amides is 1. The summed E-state index contributed by atoms with van der Waals surface area (Å²) in [5.74, 6) is 2.51. The highest BCUT2D eigenvalue weighted by atomic mass is 16.5. The first-order chi connectivity index (χ1) is 12.1. The molecule has 1 N–H and O–H groups in total. The molecule has 0 aliphatic rings. The maximum atomic E-state index is 12.0. The molecule has 2 aromatic rings. The van der Waals surface area contributed by atoms with E-state index in [0.717, 1.165) is 22.8 Å². The van der Waals surface area contributed by atoms with Crippen molar-refractivity contribution >= 4 is 5.91 Å². The summed E-state index contributed by atoms with van der Waals surface area (Å²) in [5.41, 5.74) is 1.12. The van der Waals surface area contributed by atoms with Crippen molar-refractivity contribution in [2.45, 2.75) is 19.3 Å². The number of ether oxygens (including phenoxy) is 3. The van der Waals surface area contributed by atoms with Gasteiger partial charge in [0, 0.05) is 6.42 Å². The van der Waals surface area contributed by atoms with Crippen molar-refractivity contribution in [2.24, 2.45) is 0 Å². The topological polar surface area (TPSA) is 56.8 Å². The Morgan fingerprint density at radius 1 is 0.920 bits per heavy atom. The Bertz CT molecular complexity index is 652. The summed E-state index contributed by atoms with van der Waals surface area (Å²) in [4.78, 5) is 12.0. The number of benzene rings is 2. The second-order valence-electron chi connectivity index (χ2n) is 5.75. The quantitative estimate of drug-likeness (QED) is 0.709. The van der Waals surface area contributed by atoms with Gasteiger partial charge in [0.05, 0.1) is 20.8 Å². The summed E-state index contributed by atoms with van der Waals surface area (Å²) < 4.78 is 15.8. The lowest BCUT2D eigenvalue weighted by Crippen LogP contribution is -2.28. The van der Waals surface area contributed by atoms with Crippen molar-refractivity contribution in [2.75, 3.05) is 27.4 Å². The van der Waals surface area contributed by atoms with Gasteiger partial charge in [-0.2, -0.15) is 0 Å². The molecule has 2 rings (SSSR count). The fourth-order valence-corrected chi connectivity index (χ4v) is 2.43. The molecular formula is C20H25NO4. The van der Waals surface area contributed by atoms with Crippen molar-refractivity contribution in [3.05, 3.63) is 54.1 Å². The molecule has 0 aliphatic carbocycles. The molecule has 0 aromatic heterocycles. The standard InChI is InChI=1S/C20H25NO4/c1-15(16-4-6-17(23-2)7-5-16)14-20(22)21-12-13-25-19-10-8-18(24-3)9-11-19/h4-11,15H,12-14H2,1-3H3,(H,21,22). The third-order valence-corrected chi connectivity index (χ3v) is 3.93. The lowest BCUT2D eigenvalue weighted by atomic mass is 9.97. The van der Waals surface area contributed by atoms with E-state index in [1.54, 1.807) is 14.2 Å². The largest absolute Gasteiger partial charge is 0.497 e. The summed E-state index contributed by atoms with van der Waals surface area (Å²) in [7, 11) is 3.26. The predicted molar refractivity (Wildman–Crippen MR) is 97.5 cm³/mol. The Labute approximate surface area is 148 Å². The van der Waals surface area contributed by atoms with E-state index in [1.807, 2.05) is 55.5 Å². The Morgan fingerprint density at radius 3 is 2.00 bits per heavy atom. The molecule has 5 nitrogen and oxygen atoms in total. The number of hydrogen-bond donors (Lipinski definition) is 1. The molecule has 0 spiro atoms. The number of carbonyl (C=O) groups excluding carboxylic acids is 1. The van der Waals surface area contributed by atoms with Crippen molar-refractivity contribution in [1.82, 2.24) is 5.32 Å². The molecule has 5 heteroatoms. The van der Waals surface area contributed by atoms with Crippen LogP contribution in [0.2, 0.25) is 0 Å². The van der Waals surface area contributed by atoms with E-state index in [0.29, 0.717) is 19.6 Å². The van der Waals surface area contributed by atoms with E-state index in [4.69, 9.17) is 14.2 Å². The Hall–Kier alpha value is -2.69. The van der Waals surface area contributed by atoms with Gasteiger partial charge < -0.3 is 19.5 Å².